The van der Waals surface area contributed by atoms with Crippen LogP contribution in [0.15, 0.2) is 6.33 Å². The second kappa shape index (κ2) is 4.41. The van der Waals surface area contributed by atoms with E-state index in [9.17, 15) is 0 Å². The molecule has 0 bridgehead atoms. The molecule has 0 atom stereocenters. The Balaban J connectivity index is 1.84. The van der Waals surface area contributed by atoms with E-state index in [1.54, 1.807) is 20.5 Å². The van der Waals surface area contributed by atoms with E-state index in [-0.39, 0.29) is 0 Å². The standard InChI is InChI=1S/C11H16N6O/c1-12-11-16-9-8(13-5-14-9)10(17-11)15-6-3-7(4-6)18-2/h5-7H,3-4H2,1-2H3,(H3,12,13,14,15,16,17). The van der Waals surface area contributed by atoms with Crippen LogP contribution in [0.25, 0.3) is 11.2 Å². The first kappa shape index (κ1) is 11.2. The van der Waals surface area contributed by atoms with Crippen molar-refractivity contribution in [2.45, 2.75) is 25.0 Å². The van der Waals surface area contributed by atoms with Gasteiger partial charge in [0.2, 0.25) is 5.95 Å². The number of aromatic nitrogens is 4. The summed E-state index contributed by atoms with van der Waals surface area (Å²) in [7, 11) is 3.54. The summed E-state index contributed by atoms with van der Waals surface area (Å²) < 4.78 is 5.27. The maximum Gasteiger partial charge on any atom is 0.226 e. The Morgan fingerprint density at radius 1 is 1.39 bits per heavy atom. The molecule has 0 saturated heterocycles. The van der Waals surface area contributed by atoms with Gasteiger partial charge < -0.3 is 20.4 Å². The van der Waals surface area contributed by atoms with Gasteiger partial charge in [-0.1, -0.05) is 0 Å². The molecule has 7 heteroatoms. The van der Waals surface area contributed by atoms with Gasteiger partial charge in [-0.3, -0.25) is 0 Å². The van der Waals surface area contributed by atoms with Gasteiger partial charge in [-0.05, 0) is 12.8 Å². The topological polar surface area (TPSA) is 87.8 Å². The molecule has 0 spiro atoms. The molecule has 3 N–H and O–H groups in total. The van der Waals surface area contributed by atoms with Crippen LogP contribution < -0.4 is 10.6 Å². The van der Waals surface area contributed by atoms with Crippen LogP contribution in [0.1, 0.15) is 12.8 Å². The fourth-order valence-corrected chi connectivity index (χ4v) is 2.12. The normalized spacial score (nSPS) is 22.8. The Labute approximate surface area is 104 Å². The van der Waals surface area contributed by atoms with Crippen molar-refractivity contribution in [1.29, 1.82) is 0 Å². The highest BCUT2D eigenvalue weighted by Gasteiger charge is 2.29. The highest BCUT2D eigenvalue weighted by atomic mass is 16.5. The third kappa shape index (κ3) is 1.86. The van der Waals surface area contributed by atoms with Crippen LogP contribution in [-0.4, -0.2) is 46.2 Å². The van der Waals surface area contributed by atoms with Gasteiger partial charge in [-0.2, -0.15) is 9.97 Å². The van der Waals surface area contributed by atoms with Crippen molar-refractivity contribution in [2.24, 2.45) is 0 Å². The zero-order chi connectivity index (χ0) is 12.5. The molecule has 18 heavy (non-hydrogen) atoms. The predicted molar refractivity (Wildman–Crippen MR) is 68.7 cm³/mol. The van der Waals surface area contributed by atoms with Gasteiger partial charge in [0.05, 0.1) is 12.4 Å². The minimum absolute atomic E-state index is 0.366. The Morgan fingerprint density at radius 3 is 2.94 bits per heavy atom. The zero-order valence-corrected chi connectivity index (χ0v) is 10.4. The van der Waals surface area contributed by atoms with Crippen LogP contribution in [0.3, 0.4) is 0 Å². The summed E-state index contributed by atoms with van der Waals surface area (Å²) >= 11 is 0. The van der Waals surface area contributed by atoms with Crippen molar-refractivity contribution in [3.8, 4) is 0 Å². The van der Waals surface area contributed by atoms with E-state index in [0.29, 0.717) is 23.7 Å². The van der Waals surface area contributed by atoms with Crippen molar-refractivity contribution < 1.29 is 4.74 Å². The van der Waals surface area contributed by atoms with Crippen LogP contribution in [0, 0.1) is 0 Å². The van der Waals surface area contributed by atoms with Crippen LogP contribution in [0.4, 0.5) is 11.8 Å². The number of H-pyrrole nitrogens is 1. The largest absolute Gasteiger partial charge is 0.381 e. The van der Waals surface area contributed by atoms with E-state index in [4.69, 9.17) is 4.74 Å². The molecule has 7 nitrogen and oxygen atoms in total. The van der Waals surface area contributed by atoms with Gasteiger partial charge in [0.15, 0.2) is 11.5 Å². The van der Waals surface area contributed by atoms with E-state index >= 15 is 0 Å². The van der Waals surface area contributed by atoms with Gasteiger partial charge in [-0.25, -0.2) is 4.98 Å². The molecule has 0 amide bonds. The summed E-state index contributed by atoms with van der Waals surface area (Å²) in [5.74, 6) is 1.36. The molecule has 1 aliphatic rings. The molecule has 1 saturated carbocycles. The highest BCUT2D eigenvalue weighted by Crippen LogP contribution is 2.28. The number of anilines is 2. The molecular weight excluding hydrogens is 232 g/mol. The highest BCUT2D eigenvalue weighted by molar-refractivity contribution is 5.83. The Kier molecular flexibility index (Phi) is 2.75. The van der Waals surface area contributed by atoms with Gasteiger partial charge in [-0.15, -0.1) is 0 Å². The molecule has 0 radical (unpaired) electrons. The third-order valence-electron chi connectivity index (χ3n) is 3.28. The summed E-state index contributed by atoms with van der Waals surface area (Å²) in [6, 6.07) is 0.404. The lowest BCUT2D eigenvalue weighted by atomic mass is 9.89. The molecule has 1 aliphatic carbocycles. The van der Waals surface area contributed by atoms with Crippen molar-refractivity contribution >= 4 is 22.9 Å². The lowest BCUT2D eigenvalue weighted by Crippen LogP contribution is -2.40. The Bertz CT molecular complexity index is 547. The van der Waals surface area contributed by atoms with Crippen LogP contribution >= 0.6 is 0 Å². The third-order valence-corrected chi connectivity index (χ3v) is 3.28. The summed E-state index contributed by atoms with van der Waals surface area (Å²) in [5.41, 5.74) is 1.51. The number of rotatable bonds is 4. The summed E-state index contributed by atoms with van der Waals surface area (Å²) in [6.07, 6.45) is 4.00. The van der Waals surface area contributed by atoms with Crippen LogP contribution in [-0.2, 0) is 4.74 Å². The van der Waals surface area contributed by atoms with E-state index in [2.05, 4.69) is 30.6 Å². The monoisotopic (exact) mass is 248 g/mol. The molecule has 2 heterocycles. The number of nitrogens with one attached hydrogen (secondary N) is 3. The first-order valence-electron chi connectivity index (χ1n) is 5.98. The van der Waals surface area contributed by atoms with E-state index in [1.165, 1.54) is 0 Å². The SMILES string of the molecule is CNc1nc(NC2CC(OC)C2)c2[nH]cnc2n1. The zero-order valence-electron chi connectivity index (χ0n) is 10.4. The van der Waals surface area contributed by atoms with Crippen molar-refractivity contribution in [3.05, 3.63) is 6.33 Å². The lowest BCUT2D eigenvalue weighted by Gasteiger charge is -2.34. The molecule has 0 aromatic carbocycles. The number of fused-ring (bicyclic) bond motifs is 1. The number of ether oxygens (including phenoxy) is 1. The van der Waals surface area contributed by atoms with E-state index in [0.717, 1.165) is 24.2 Å². The van der Waals surface area contributed by atoms with Crippen LogP contribution in [0.2, 0.25) is 0 Å². The van der Waals surface area contributed by atoms with Gasteiger partial charge in [0.1, 0.15) is 5.52 Å². The van der Waals surface area contributed by atoms with Gasteiger partial charge in [0, 0.05) is 20.2 Å². The average Bonchev–Trinajstić information content (AvgIpc) is 2.80. The minimum Gasteiger partial charge on any atom is -0.381 e. The first-order valence-corrected chi connectivity index (χ1v) is 5.98. The molecule has 96 valence electrons. The van der Waals surface area contributed by atoms with Crippen LogP contribution in [0.5, 0.6) is 0 Å². The molecule has 0 unspecified atom stereocenters. The molecule has 3 rings (SSSR count). The molecule has 2 aromatic heterocycles. The predicted octanol–water partition coefficient (Wildman–Crippen LogP) is 0.984. The van der Waals surface area contributed by atoms with Crippen molar-refractivity contribution in [3.63, 3.8) is 0 Å². The maximum atomic E-state index is 5.27. The second-order valence-electron chi connectivity index (χ2n) is 4.42. The lowest BCUT2D eigenvalue weighted by molar-refractivity contribution is 0.0328. The second-order valence-corrected chi connectivity index (χ2v) is 4.42. The number of methoxy groups -OCH3 is 1. The van der Waals surface area contributed by atoms with Crippen molar-refractivity contribution in [1.82, 2.24) is 19.9 Å². The number of imidazole rings is 1. The fraction of sp³-hybridized carbons (Fsp3) is 0.545. The summed E-state index contributed by atoms with van der Waals surface area (Å²) in [5, 5.41) is 6.34. The smallest absolute Gasteiger partial charge is 0.226 e. The quantitative estimate of drug-likeness (QED) is 0.747. The number of hydrogen-bond donors (Lipinski definition) is 3. The Morgan fingerprint density at radius 2 is 2.22 bits per heavy atom. The fourth-order valence-electron chi connectivity index (χ4n) is 2.12. The van der Waals surface area contributed by atoms with Gasteiger partial charge in [0.25, 0.3) is 0 Å². The van der Waals surface area contributed by atoms with Crippen molar-refractivity contribution in [2.75, 3.05) is 24.8 Å². The Hall–Kier alpha value is -1.89. The minimum atomic E-state index is 0.366. The molecular formula is C11H16N6O. The summed E-state index contributed by atoms with van der Waals surface area (Å²) in [6.45, 7) is 0. The van der Waals surface area contributed by atoms with E-state index < -0.39 is 0 Å². The van der Waals surface area contributed by atoms with Gasteiger partial charge >= 0.3 is 0 Å². The number of aromatic amines is 1. The molecule has 0 aliphatic heterocycles. The number of nitrogens with zero attached hydrogens (tertiary/aromatic N) is 3. The summed E-state index contributed by atoms with van der Waals surface area (Å²) in [4.78, 5) is 15.9. The molecule has 2 aromatic rings. The van der Waals surface area contributed by atoms with E-state index in [1.807, 2.05) is 0 Å². The number of hydrogen-bond acceptors (Lipinski definition) is 6. The first-order chi connectivity index (χ1) is 8.80. The maximum absolute atomic E-state index is 5.27. The molecule has 1 fully saturated rings. The average molecular weight is 248 g/mol.